The Hall–Kier alpha value is -1.84. The molecule has 2 heterocycles. The van der Waals surface area contributed by atoms with Crippen molar-refractivity contribution in [2.45, 2.75) is 19.4 Å². The minimum absolute atomic E-state index is 0.0325. The van der Waals surface area contributed by atoms with Crippen LogP contribution in [-0.2, 0) is 25.7 Å². The first-order chi connectivity index (χ1) is 12.2. The second kappa shape index (κ2) is 8.50. The van der Waals surface area contributed by atoms with Gasteiger partial charge in [0.1, 0.15) is 6.61 Å². The Bertz CT molecular complexity index is 642. The molecule has 0 spiro atoms. The quantitative estimate of drug-likeness (QED) is 0.784. The predicted octanol–water partition coefficient (Wildman–Crippen LogP) is 1.06. The Kier molecular flexibility index (Phi) is 6.11. The fourth-order valence-electron chi connectivity index (χ4n) is 3.09. The maximum absolute atomic E-state index is 12.8. The molecule has 1 aliphatic heterocycles. The summed E-state index contributed by atoms with van der Waals surface area (Å²) in [6.45, 7) is 2.58. The molecular formula is C16H22N4O4S. The summed E-state index contributed by atoms with van der Waals surface area (Å²) in [6.07, 6.45) is 5.08. The minimum Gasteiger partial charge on any atom is -0.378 e. The number of carbonyl (C=O) groups excluding carboxylic acids is 2. The second-order valence-corrected chi connectivity index (χ2v) is 6.78. The molecule has 1 aromatic heterocycles. The number of nitrogens with one attached hydrogen (secondary N) is 1. The molecule has 136 valence electrons. The SMILES string of the molecule is COCc1nsc(NC(=O)C2CC=CCC2C(=O)N2CCOCC2)n1. The second-order valence-electron chi connectivity index (χ2n) is 6.03. The number of morpholine rings is 1. The molecule has 1 fully saturated rings. The van der Waals surface area contributed by atoms with Crippen molar-refractivity contribution in [3.05, 3.63) is 18.0 Å². The summed E-state index contributed by atoms with van der Waals surface area (Å²) in [6, 6.07) is 0. The van der Waals surface area contributed by atoms with Gasteiger partial charge in [-0.1, -0.05) is 12.2 Å². The third-order valence-corrected chi connectivity index (χ3v) is 5.05. The van der Waals surface area contributed by atoms with E-state index in [1.807, 2.05) is 12.2 Å². The molecule has 3 rings (SSSR count). The van der Waals surface area contributed by atoms with Crippen LogP contribution in [-0.4, -0.2) is 59.5 Å². The number of hydrogen-bond donors (Lipinski definition) is 1. The largest absolute Gasteiger partial charge is 0.378 e. The van der Waals surface area contributed by atoms with Gasteiger partial charge in [-0.3, -0.25) is 9.59 Å². The molecule has 2 unspecified atom stereocenters. The summed E-state index contributed by atoms with van der Waals surface area (Å²) in [5, 5.41) is 3.23. The number of ether oxygens (including phenoxy) is 2. The third-order valence-electron chi connectivity index (χ3n) is 4.38. The Morgan fingerprint density at radius 2 is 2.04 bits per heavy atom. The van der Waals surface area contributed by atoms with Crippen molar-refractivity contribution in [3.8, 4) is 0 Å². The van der Waals surface area contributed by atoms with Gasteiger partial charge in [0.05, 0.1) is 25.0 Å². The lowest BCUT2D eigenvalue weighted by atomic mass is 9.81. The molecule has 1 saturated heterocycles. The Labute approximate surface area is 150 Å². The van der Waals surface area contributed by atoms with Gasteiger partial charge in [0.25, 0.3) is 0 Å². The van der Waals surface area contributed by atoms with Crippen molar-refractivity contribution in [1.82, 2.24) is 14.3 Å². The van der Waals surface area contributed by atoms with E-state index in [0.29, 0.717) is 56.7 Å². The molecule has 2 amide bonds. The maximum atomic E-state index is 12.8. The molecular weight excluding hydrogens is 344 g/mol. The Morgan fingerprint density at radius 3 is 2.76 bits per heavy atom. The van der Waals surface area contributed by atoms with Crippen molar-refractivity contribution in [2.75, 3.05) is 38.7 Å². The van der Waals surface area contributed by atoms with Crippen LogP contribution in [0.5, 0.6) is 0 Å². The van der Waals surface area contributed by atoms with Crippen molar-refractivity contribution >= 4 is 28.5 Å². The lowest BCUT2D eigenvalue weighted by molar-refractivity contribution is -0.144. The monoisotopic (exact) mass is 366 g/mol. The topological polar surface area (TPSA) is 93.6 Å². The molecule has 1 aromatic rings. The number of hydrogen-bond acceptors (Lipinski definition) is 7. The van der Waals surface area contributed by atoms with Crippen molar-refractivity contribution in [2.24, 2.45) is 11.8 Å². The first-order valence-corrected chi connectivity index (χ1v) is 9.10. The molecule has 2 atom stereocenters. The lowest BCUT2D eigenvalue weighted by Gasteiger charge is -2.34. The number of anilines is 1. The van der Waals surface area contributed by atoms with Crippen LogP contribution in [0.4, 0.5) is 5.13 Å². The van der Waals surface area contributed by atoms with E-state index in [0.717, 1.165) is 11.5 Å². The zero-order valence-corrected chi connectivity index (χ0v) is 15.0. The normalized spacial score (nSPS) is 23.5. The van der Waals surface area contributed by atoms with Crippen LogP contribution >= 0.6 is 11.5 Å². The number of aromatic nitrogens is 2. The first kappa shape index (κ1) is 18.0. The molecule has 0 radical (unpaired) electrons. The number of carbonyl (C=O) groups is 2. The first-order valence-electron chi connectivity index (χ1n) is 8.33. The highest BCUT2D eigenvalue weighted by Crippen LogP contribution is 2.29. The maximum Gasteiger partial charge on any atom is 0.230 e. The molecule has 0 aromatic carbocycles. The summed E-state index contributed by atoms with van der Waals surface area (Å²) >= 11 is 1.12. The minimum atomic E-state index is -0.393. The van der Waals surface area contributed by atoms with Crippen LogP contribution in [0.3, 0.4) is 0 Å². The summed E-state index contributed by atoms with van der Waals surface area (Å²) in [5.74, 6) is -0.349. The zero-order valence-electron chi connectivity index (χ0n) is 14.1. The third kappa shape index (κ3) is 4.42. The van der Waals surface area contributed by atoms with Crippen molar-refractivity contribution in [1.29, 1.82) is 0 Å². The molecule has 25 heavy (non-hydrogen) atoms. The number of allylic oxidation sites excluding steroid dienone is 2. The number of nitrogens with zero attached hydrogens (tertiary/aromatic N) is 3. The van der Waals surface area contributed by atoms with E-state index in [1.165, 1.54) is 0 Å². The van der Waals surface area contributed by atoms with E-state index >= 15 is 0 Å². The Balaban J connectivity index is 1.65. The van der Waals surface area contributed by atoms with Crippen LogP contribution < -0.4 is 5.32 Å². The van der Waals surface area contributed by atoms with E-state index in [-0.39, 0.29) is 17.7 Å². The fraction of sp³-hybridized carbons (Fsp3) is 0.625. The van der Waals surface area contributed by atoms with Crippen LogP contribution in [0.15, 0.2) is 12.2 Å². The van der Waals surface area contributed by atoms with E-state index in [1.54, 1.807) is 12.0 Å². The summed E-state index contributed by atoms with van der Waals surface area (Å²) in [4.78, 5) is 31.5. The molecule has 2 aliphatic rings. The highest BCUT2D eigenvalue weighted by atomic mass is 32.1. The average molecular weight is 366 g/mol. The number of amides is 2. The van der Waals surface area contributed by atoms with Crippen LogP contribution in [0, 0.1) is 11.8 Å². The molecule has 8 nitrogen and oxygen atoms in total. The summed E-state index contributed by atoms with van der Waals surface area (Å²) in [5.41, 5.74) is 0. The van der Waals surface area contributed by atoms with Gasteiger partial charge in [0.2, 0.25) is 16.9 Å². The van der Waals surface area contributed by atoms with Gasteiger partial charge in [0.15, 0.2) is 5.82 Å². The number of rotatable bonds is 5. The predicted molar refractivity (Wildman–Crippen MR) is 92.0 cm³/mol. The molecule has 9 heteroatoms. The molecule has 1 aliphatic carbocycles. The molecule has 1 N–H and O–H groups in total. The van der Waals surface area contributed by atoms with E-state index in [2.05, 4.69) is 14.7 Å². The highest BCUT2D eigenvalue weighted by molar-refractivity contribution is 7.09. The van der Waals surface area contributed by atoms with Crippen molar-refractivity contribution in [3.63, 3.8) is 0 Å². The van der Waals surface area contributed by atoms with Gasteiger partial charge in [-0.25, -0.2) is 4.98 Å². The lowest BCUT2D eigenvalue weighted by Crippen LogP contribution is -2.47. The summed E-state index contributed by atoms with van der Waals surface area (Å²) < 4.78 is 14.4. The van der Waals surface area contributed by atoms with Crippen LogP contribution in [0.1, 0.15) is 18.7 Å². The number of methoxy groups -OCH3 is 1. The van der Waals surface area contributed by atoms with Gasteiger partial charge >= 0.3 is 0 Å². The van der Waals surface area contributed by atoms with Crippen LogP contribution in [0.25, 0.3) is 0 Å². The van der Waals surface area contributed by atoms with Gasteiger partial charge < -0.3 is 19.7 Å². The highest BCUT2D eigenvalue weighted by Gasteiger charge is 2.37. The standard InChI is InChI=1S/C16H22N4O4S/c1-23-10-13-17-16(25-19-13)18-14(21)11-4-2-3-5-12(11)15(22)20-6-8-24-9-7-20/h2-3,11-12H,4-10H2,1H3,(H,17,18,19,21). The van der Waals surface area contributed by atoms with Gasteiger partial charge in [-0.05, 0) is 12.8 Å². The summed E-state index contributed by atoms with van der Waals surface area (Å²) in [7, 11) is 1.56. The van der Waals surface area contributed by atoms with Crippen molar-refractivity contribution < 1.29 is 19.1 Å². The average Bonchev–Trinajstić information content (AvgIpc) is 3.09. The fourth-order valence-corrected chi connectivity index (χ4v) is 3.66. The molecule has 0 saturated carbocycles. The van der Waals surface area contributed by atoms with E-state index in [4.69, 9.17) is 9.47 Å². The van der Waals surface area contributed by atoms with E-state index < -0.39 is 5.92 Å². The van der Waals surface area contributed by atoms with Gasteiger partial charge in [0, 0.05) is 31.7 Å². The zero-order chi connectivity index (χ0) is 17.6. The van der Waals surface area contributed by atoms with Gasteiger partial charge in [-0.2, -0.15) is 4.37 Å². The van der Waals surface area contributed by atoms with E-state index in [9.17, 15) is 9.59 Å². The van der Waals surface area contributed by atoms with Crippen LogP contribution in [0.2, 0.25) is 0 Å². The van der Waals surface area contributed by atoms with Gasteiger partial charge in [-0.15, -0.1) is 0 Å². The smallest absolute Gasteiger partial charge is 0.230 e. The molecule has 0 bridgehead atoms. The Morgan fingerprint density at radius 1 is 1.32 bits per heavy atom.